The molecule has 4 heterocycles. The standard InChI is InChI=1S/C26H21ClN6O3/c1-14-2-4-17(11-20(14)27)29-22-8-9-33-24(30-22)19(12-28-33)15-3-5-18-16(10-15)13-32(26(18)36)21-6-7-23(34)31-25(21)35/h2-5,8-12,21H,6-7,13H2,1H3,(H,29,30)(H,31,34,35)/t21-/m0/s1. The van der Waals surface area contributed by atoms with Crippen molar-refractivity contribution in [2.45, 2.75) is 32.4 Å². The molecule has 0 spiro atoms. The summed E-state index contributed by atoms with van der Waals surface area (Å²) in [7, 11) is 0. The molecule has 3 amide bonds. The topological polar surface area (TPSA) is 109 Å². The smallest absolute Gasteiger partial charge is 0.255 e. The molecule has 2 aliphatic rings. The summed E-state index contributed by atoms with van der Waals surface area (Å²) in [4.78, 5) is 43.1. The molecular weight excluding hydrogens is 480 g/mol. The Hall–Kier alpha value is -4.24. The normalized spacial score (nSPS) is 17.4. The summed E-state index contributed by atoms with van der Waals surface area (Å²) in [6.45, 7) is 2.26. The number of amides is 3. The van der Waals surface area contributed by atoms with Gasteiger partial charge in [-0.1, -0.05) is 23.7 Å². The maximum atomic E-state index is 13.0. The molecule has 6 rings (SSSR count). The van der Waals surface area contributed by atoms with E-state index >= 15 is 0 Å². The lowest BCUT2D eigenvalue weighted by Gasteiger charge is -2.29. The third-order valence-electron chi connectivity index (χ3n) is 6.65. The van der Waals surface area contributed by atoms with Gasteiger partial charge in [0.2, 0.25) is 11.8 Å². The van der Waals surface area contributed by atoms with Crippen LogP contribution in [0.5, 0.6) is 0 Å². The molecule has 0 unspecified atom stereocenters. The molecule has 2 N–H and O–H groups in total. The summed E-state index contributed by atoms with van der Waals surface area (Å²) in [6, 6.07) is 12.5. The highest BCUT2D eigenvalue weighted by molar-refractivity contribution is 6.31. The molecule has 10 heteroatoms. The Balaban J connectivity index is 1.30. The Bertz CT molecular complexity index is 1580. The number of carbonyl (C=O) groups excluding carboxylic acids is 3. The van der Waals surface area contributed by atoms with E-state index in [0.29, 0.717) is 35.0 Å². The zero-order valence-electron chi connectivity index (χ0n) is 19.3. The summed E-state index contributed by atoms with van der Waals surface area (Å²) in [5.41, 5.74) is 5.55. The zero-order valence-corrected chi connectivity index (χ0v) is 20.0. The highest BCUT2D eigenvalue weighted by Crippen LogP contribution is 2.33. The highest BCUT2D eigenvalue weighted by atomic mass is 35.5. The Morgan fingerprint density at radius 2 is 1.94 bits per heavy atom. The number of hydrogen-bond donors (Lipinski definition) is 2. The van der Waals surface area contributed by atoms with Gasteiger partial charge >= 0.3 is 0 Å². The number of aromatic nitrogens is 3. The third-order valence-corrected chi connectivity index (χ3v) is 7.06. The second-order valence-electron chi connectivity index (χ2n) is 9.00. The number of aryl methyl sites for hydroxylation is 1. The van der Waals surface area contributed by atoms with Crippen LogP contribution in [-0.4, -0.2) is 43.3 Å². The number of carbonyl (C=O) groups is 3. The number of anilines is 2. The molecule has 0 saturated carbocycles. The van der Waals surface area contributed by atoms with Crippen LogP contribution in [0.25, 0.3) is 16.8 Å². The third kappa shape index (κ3) is 3.77. The fourth-order valence-electron chi connectivity index (χ4n) is 4.70. The maximum Gasteiger partial charge on any atom is 0.255 e. The van der Waals surface area contributed by atoms with Crippen LogP contribution in [0.15, 0.2) is 54.9 Å². The SMILES string of the molecule is Cc1ccc(Nc2ccn3ncc(-c4ccc5c(c4)CN([C@H]4CCC(=O)NC4=O)C5=O)c3n2)cc1Cl. The summed E-state index contributed by atoms with van der Waals surface area (Å²) in [6.07, 6.45) is 4.12. The average Bonchev–Trinajstić information content (AvgIpc) is 3.42. The van der Waals surface area contributed by atoms with Crippen LogP contribution >= 0.6 is 11.6 Å². The Morgan fingerprint density at radius 1 is 1.08 bits per heavy atom. The van der Waals surface area contributed by atoms with Crippen molar-refractivity contribution < 1.29 is 14.4 Å². The highest BCUT2D eigenvalue weighted by Gasteiger charge is 2.39. The van der Waals surface area contributed by atoms with Gasteiger partial charge in [0.05, 0.1) is 6.20 Å². The Kier molecular flexibility index (Phi) is 5.22. The van der Waals surface area contributed by atoms with Crippen LogP contribution in [0.3, 0.4) is 0 Å². The first-order chi connectivity index (χ1) is 17.4. The van der Waals surface area contributed by atoms with Gasteiger partial charge in [0.25, 0.3) is 5.91 Å². The molecule has 4 aromatic rings. The molecule has 0 bridgehead atoms. The van der Waals surface area contributed by atoms with Crippen molar-refractivity contribution in [3.8, 4) is 11.1 Å². The van der Waals surface area contributed by atoms with Gasteiger partial charge in [-0.05, 0) is 60.4 Å². The van der Waals surface area contributed by atoms with Gasteiger partial charge < -0.3 is 10.2 Å². The average molecular weight is 501 g/mol. The van der Waals surface area contributed by atoms with Crippen molar-refractivity contribution in [1.29, 1.82) is 0 Å². The van der Waals surface area contributed by atoms with Gasteiger partial charge in [-0.15, -0.1) is 0 Å². The minimum Gasteiger partial charge on any atom is -0.340 e. The van der Waals surface area contributed by atoms with Crippen LogP contribution in [0.2, 0.25) is 5.02 Å². The number of imide groups is 1. The first kappa shape index (κ1) is 22.2. The fraction of sp³-hybridized carbons (Fsp3) is 0.192. The van der Waals surface area contributed by atoms with Crippen LogP contribution in [0.4, 0.5) is 11.5 Å². The number of benzene rings is 2. The predicted octanol–water partition coefficient (Wildman–Crippen LogP) is 3.86. The van der Waals surface area contributed by atoms with Crippen molar-refractivity contribution in [2.24, 2.45) is 0 Å². The monoisotopic (exact) mass is 500 g/mol. The van der Waals surface area contributed by atoms with Crippen molar-refractivity contribution in [1.82, 2.24) is 24.8 Å². The van der Waals surface area contributed by atoms with Crippen molar-refractivity contribution in [3.63, 3.8) is 0 Å². The molecule has 1 atom stereocenters. The van der Waals surface area contributed by atoms with Crippen LogP contribution in [0, 0.1) is 6.92 Å². The molecule has 0 aliphatic carbocycles. The van der Waals surface area contributed by atoms with E-state index in [1.54, 1.807) is 21.7 Å². The molecule has 2 aromatic carbocycles. The number of halogens is 1. The molecule has 0 radical (unpaired) electrons. The van der Waals surface area contributed by atoms with Crippen molar-refractivity contribution in [3.05, 3.63) is 76.6 Å². The van der Waals surface area contributed by atoms with Crippen LogP contribution < -0.4 is 10.6 Å². The van der Waals surface area contributed by atoms with Crippen LogP contribution in [0.1, 0.15) is 34.3 Å². The molecule has 1 saturated heterocycles. The minimum absolute atomic E-state index is 0.202. The van der Waals surface area contributed by atoms with E-state index in [0.717, 1.165) is 27.9 Å². The largest absolute Gasteiger partial charge is 0.340 e. The number of nitrogens with one attached hydrogen (secondary N) is 2. The van der Waals surface area contributed by atoms with Gasteiger partial charge in [0.15, 0.2) is 5.65 Å². The molecule has 9 nitrogen and oxygen atoms in total. The summed E-state index contributed by atoms with van der Waals surface area (Å²) in [5, 5.41) is 10.7. The second-order valence-corrected chi connectivity index (χ2v) is 9.41. The van der Waals surface area contributed by atoms with E-state index in [1.165, 1.54) is 0 Å². The van der Waals surface area contributed by atoms with Gasteiger partial charge in [-0.25, -0.2) is 9.50 Å². The fourth-order valence-corrected chi connectivity index (χ4v) is 4.88. The molecule has 2 aromatic heterocycles. The molecule has 1 fully saturated rings. The summed E-state index contributed by atoms with van der Waals surface area (Å²) in [5.74, 6) is -0.284. The molecule has 2 aliphatic heterocycles. The lowest BCUT2D eigenvalue weighted by molar-refractivity contribution is -0.136. The molecule has 180 valence electrons. The summed E-state index contributed by atoms with van der Waals surface area (Å²) < 4.78 is 1.69. The predicted molar refractivity (Wildman–Crippen MR) is 134 cm³/mol. The van der Waals surface area contributed by atoms with E-state index in [4.69, 9.17) is 16.6 Å². The Morgan fingerprint density at radius 3 is 2.75 bits per heavy atom. The number of hydrogen-bond acceptors (Lipinski definition) is 6. The quantitative estimate of drug-likeness (QED) is 0.412. The number of piperidine rings is 1. The number of fused-ring (bicyclic) bond motifs is 2. The molecular formula is C26H21ClN6O3. The van der Waals surface area contributed by atoms with E-state index in [9.17, 15) is 14.4 Å². The minimum atomic E-state index is -0.645. The first-order valence-electron chi connectivity index (χ1n) is 11.5. The number of nitrogens with zero attached hydrogens (tertiary/aromatic N) is 4. The van der Waals surface area contributed by atoms with Gasteiger partial charge in [-0.2, -0.15) is 5.10 Å². The van der Waals surface area contributed by atoms with Gasteiger partial charge in [-0.3, -0.25) is 19.7 Å². The maximum absolute atomic E-state index is 13.0. The zero-order chi connectivity index (χ0) is 25.0. The van der Waals surface area contributed by atoms with Gasteiger partial charge in [0, 0.05) is 41.0 Å². The van der Waals surface area contributed by atoms with E-state index in [1.807, 2.05) is 49.5 Å². The molecule has 36 heavy (non-hydrogen) atoms. The van der Waals surface area contributed by atoms with Crippen molar-refractivity contribution >= 4 is 46.5 Å². The Labute approximate surface area is 211 Å². The van der Waals surface area contributed by atoms with Crippen LogP contribution in [-0.2, 0) is 16.1 Å². The number of rotatable bonds is 4. The van der Waals surface area contributed by atoms with E-state index in [-0.39, 0.29) is 18.2 Å². The van der Waals surface area contributed by atoms with Crippen molar-refractivity contribution in [2.75, 3.05) is 5.32 Å². The first-order valence-corrected chi connectivity index (χ1v) is 11.9. The lowest BCUT2D eigenvalue weighted by atomic mass is 10.0. The van der Waals surface area contributed by atoms with Gasteiger partial charge in [0.1, 0.15) is 11.9 Å². The lowest BCUT2D eigenvalue weighted by Crippen LogP contribution is -2.52. The van der Waals surface area contributed by atoms with E-state index in [2.05, 4.69) is 15.7 Å². The summed E-state index contributed by atoms with van der Waals surface area (Å²) >= 11 is 6.25. The van der Waals surface area contributed by atoms with E-state index < -0.39 is 11.9 Å². The second kappa shape index (κ2) is 8.46.